The van der Waals surface area contributed by atoms with Crippen LogP contribution in [0.25, 0.3) is 0 Å². The molecule has 5 nitrogen and oxygen atoms in total. The number of aromatic hydroxyl groups is 1. The first-order valence-corrected chi connectivity index (χ1v) is 13.6. The minimum absolute atomic E-state index is 0.0439. The Morgan fingerprint density at radius 2 is 1.97 bits per heavy atom. The average molecular weight is 448 g/mol. The Morgan fingerprint density at radius 3 is 2.68 bits per heavy atom. The summed E-state index contributed by atoms with van der Waals surface area (Å²) in [7, 11) is -3.02. The van der Waals surface area contributed by atoms with E-state index in [-0.39, 0.29) is 46.1 Å². The predicted octanol–water partition coefficient (Wildman–Crippen LogP) is 4.07. The summed E-state index contributed by atoms with van der Waals surface area (Å²) in [6.45, 7) is 9.43. The zero-order valence-electron chi connectivity index (χ0n) is 19.4. The van der Waals surface area contributed by atoms with Crippen LogP contribution >= 0.6 is 0 Å². The van der Waals surface area contributed by atoms with Crippen LogP contribution < -0.4 is 0 Å². The maximum atomic E-state index is 13.6. The van der Waals surface area contributed by atoms with Gasteiger partial charge in [-0.2, -0.15) is 0 Å². The predicted molar refractivity (Wildman–Crippen MR) is 123 cm³/mol. The van der Waals surface area contributed by atoms with Crippen LogP contribution in [-0.4, -0.2) is 48.4 Å². The van der Waals surface area contributed by atoms with Crippen molar-refractivity contribution in [3.05, 3.63) is 29.3 Å². The van der Waals surface area contributed by atoms with Gasteiger partial charge in [0.2, 0.25) is 5.91 Å². The summed E-state index contributed by atoms with van der Waals surface area (Å²) in [4.78, 5) is 15.7. The standard InChI is InChI=1S/C25H37NO4S/c1-5-13-31(29,30)16-17-9-10-18(14-17)23(28)26-12-11-25(4)20-7-6-8-21(27)19(20)15-22(26)24(25,2)3/h6-8,17-18,22,27H,5,9-16H2,1-4H3/t17?,18-,22-,25+/m1/s1. The van der Waals surface area contributed by atoms with E-state index in [2.05, 4.69) is 31.7 Å². The molecular weight excluding hydrogens is 410 g/mol. The van der Waals surface area contributed by atoms with Crippen molar-refractivity contribution in [3.63, 3.8) is 0 Å². The third-order valence-electron chi connectivity index (χ3n) is 8.81. The Kier molecular flexibility index (Phi) is 5.68. The smallest absolute Gasteiger partial charge is 0.225 e. The Bertz CT molecular complexity index is 970. The zero-order valence-corrected chi connectivity index (χ0v) is 20.2. The minimum Gasteiger partial charge on any atom is -0.508 e. The van der Waals surface area contributed by atoms with Gasteiger partial charge < -0.3 is 10.0 Å². The molecule has 4 atom stereocenters. The summed E-state index contributed by atoms with van der Waals surface area (Å²) in [5, 5.41) is 10.6. The third kappa shape index (κ3) is 3.69. The Hall–Kier alpha value is -1.56. The number of phenols is 1. The molecule has 0 spiro atoms. The second-order valence-corrected chi connectivity index (χ2v) is 13.1. The number of phenolic OH excluding ortho intramolecular Hbond substituents is 1. The largest absolute Gasteiger partial charge is 0.508 e. The first-order chi connectivity index (χ1) is 14.5. The van der Waals surface area contributed by atoms with Gasteiger partial charge in [-0.05, 0) is 67.1 Å². The number of amides is 1. The summed E-state index contributed by atoms with van der Waals surface area (Å²) < 4.78 is 24.5. The maximum absolute atomic E-state index is 13.6. The number of carbonyl (C=O) groups is 1. The van der Waals surface area contributed by atoms with Crippen molar-refractivity contribution < 1.29 is 18.3 Å². The van der Waals surface area contributed by atoms with Gasteiger partial charge in [0.25, 0.3) is 0 Å². The van der Waals surface area contributed by atoms with Crippen LogP contribution in [0.5, 0.6) is 5.75 Å². The highest BCUT2D eigenvalue weighted by Gasteiger charge is 2.57. The quantitative estimate of drug-likeness (QED) is 0.738. The molecule has 1 amide bonds. The normalized spacial score (nSPS) is 32.0. The molecule has 1 aromatic rings. The van der Waals surface area contributed by atoms with E-state index in [1.54, 1.807) is 6.07 Å². The van der Waals surface area contributed by atoms with E-state index in [0.717, 1.165) is 31.4 Å². The lowest BCUT2D eigenvalue weighted by atomic mass is 9.51. The first kappa shape index (κ1) is 22.6. The summed E-state index contributed by atoms with van der Waals surface area (Å²) in [6.07, 6.45) is 4.49. The van der Waals surface area contributed by atoms with Crippen molar-refractivity contribution in [2.24, 2.45) is 17.3 Å². The number of likely N-dealkylation sites (tertiary alicyclic amines) is 1. The maximum Gasteiger partial charge on any atom is 0.225 e. The van der Waals surface area contributed by atoms with Gasteiger partial charge in [-0.3, -0.25) is 4.79 Å². The Labute approximate surface area is 187 Å². The van der Waals surface area contributed by atoms with Crippen molar-refractivity contribution in [1.29, 1.82) is 0 Å². The van der Waals surface area contributed by atoms with Gasteiger partial charge in [-0.15, -0.1) is 0 Å². The van der Waals surface area contributed by atoms with Crippen LogP contribution in [0.1, 0.15) is 70.9 Å². The molecule has 6 heteroatoms. The Balaban J connectivity index is 1.54. The topological polar surface area (TPSA) is 74.7 Å². The monoisotopic (exact) mass is 447 g/mol. The van der Waals surface area contributed by atoms with Crippen LogP contribution in [0.3, 0.4) is 0 Å². The first-order valence-electron chi connectivity index (χ1n) is 11.8. The molecule has 31 heavy (non-hydrogen) atoms. The fourth-order valence-electron chi connectivity index (χ4n) is 6.63. The molecular formula is C25H37NO4S. The van der Waals surface area contributed by atoms with E-state index in [1.165, 1.54) is 5.56 Å². The van der Waals surface area contributed by atoms with Gasteiger partial charge in [0.05, 0.1) is 5.75 Å². The molecule has 1 unspecified atom stereocenters. The van der Waals surface area contributed by atoms with Crippen LogP contribution in [-0.2, 0) is 26.5 Å². The molecule has 172 valence electrons. The fraction of sp³-hybridized carbons (Fsp3) is 0.720. The molecule has 0 aromatic heterocycles. The summed E-state index contributed by atoms with van der Waals surface area (Å²) >= 11 is 0. The number of rotatable bonds is 5. The molecule has 1 aliphatic heterocycles. The minimum atomic E-state index is -3.02. The second-order valence-electron chi connectivity index (χ2n) is 10.8. The van der Waals surface area contributed by atoms with Crippen molar-refractivity contribution in [3.8, 4) is 5.75 Å². The number of fused-ring (bicyclic) bond motifs is 4. The van der Waals surface area contributed by atoms with E-state index in [9.17, 15) is 18.3 Å². The van der Waals surface area contributed by atoms with Crippen LogP contribution in [0.15, 0.2) is 18.2 Å². The van der Waals surface area contributed by atoms with Gasteiger partial charge in [0.15, 0.2) is 9.84 Å². The van der Waals surface area contributed by atoms with Crippen LogP contribution in [0.2, 0.25) is 0 Å². The molecule has 1 N–H and O–H groups in total. The molecule has 1 saturated heterocycles. The van der Waals surface area contributed by atoms with Gasteiger partial charge in [0, 0.05) is 29.7 Å². The summed E-state index contributed by atoms with van der Waals surface area (Å²) in [5.74, 6) is 1.01. The number of hydrogen-bond donors (Lipinski definition) is 1. The molecule has 1 heterocycles. The van der Waals surface area contributed by atoms with Gasteiger partial charge in [-0.25, -0.2) is 8.42 Å². The number of benzene rings is 1. The van der Waals surface area contributed by atoms with E-state index in [1.807, 2.05) is 13.0 Å². The average Bonchev–Trinajstić information content (AvgIpc) is 3.12. The molecule has 2 aliphatic carbocycles. The zero-order chi connectivity index (χ0) is 22.6. The van der Waals surface area contributed by atoms with Crippen molar-refractivity contribution in [2.45, 2.75) is 77.7 Å². The fourth-order valence-corrected chi connectivity index (χ4v) is 8.44. The number of hydrogen-bond acceptors (Lipinski definition) is 4. The molecule has 1 aromatic carbocycles. The Morgan fingerprint density at radius 1 is 1.23 bits per heavy atom. The van der Waals surface area contributed by atoms with E-state index < -0.39 is 9.84 Å². The van der Waals surface area contributed by atoms with Crippen LogP contribution in [0, 0.1) is 17.3 Å². The molecule has 2 fully saturated rings. The second kappa shape index (κ2) is 7.79. The SMILES string of the molecule is CCCS(=O)(=O)CC1CC[C@@H](C(=O)N2CC[C@@]3(C)c4cccc(O)c4C[C@@H]2C3(C)C)C1. The molecule has 3 aliphatic rings. The summed E-state index contributed by atoms with van der Waals surface area (Å²) in [6, 6.07) is 5.87. The highest BCUT2D eigenvalue weighted by molar-refractivity contribution is 7.91. The van der Waals surface area contributed by atoms with Crippen molar-refractivity contribution in [1.82, 2.24) is 4.90 Å². The van der Waals surface area contributed by atoms with Crippen LogP contribution in [0.4, 0.5) is 0 Å². The molecule has 0 radical (unpaired) electrons. The van der Waals surface area contributed by atoms with E-state index in [0.29, 0.717) is 25.0 Å². The number of carbonyl (C=O) groups excluding carboxylic acids is 1. The van der Waals surface area contributed by atoms with Crippen molar-refractivity contribution in [2.75, 3.05) is 18.1 Å². The molecule has 1 saturated carbocycles. The highest BCUT2D eigenvalue weighted by Crippen LogP contribution is 2.57. The van der Waals surface area contributed by atoms with Gasteiger partial charge in [0.1, 0.15) is 5.75 Å². The molecule has 2 bridgehead atoms. The third-order valence-corrected chi connectivity index (χ3v) is 10.8. The van der Waals surface area contributed by atoms with Crippen molar-refractivity contribution >= 4 is 15.7 Å². The van der Waals surface area contributed by atoms with E-state index >= 15 is 0 Å². The highest BCUT2D eigenvalue weighted by atomic mass is 32.2. The molecule has 4 rings (SSSR count). The lowest BCUT2D eigenvalue weighted by Crippen LogP contribution is -2.65. The number of sulfone groups is 1. The lowest BCUT2D eigenvalue weighted by molar-refractivity contribution is -0.148. The van der Waals surface area contributed by atoms with E-state index in [4.69, 9.17) is 0 Å². The number of nitrogens with zero attached hydrogens (tertiary/aromatic N) is 1. The lowest BCUT2D eigenvalue weighted by Gasteiger charge is -2.61. The van der Waals surface area contributed by atoms with Gasteiger partial charge >= 0.3 is 0 Å². The number of piperidine rings is 1. The van der Waals surface area contributed by atoms with Gasteiger partial charge in [-0.1, -0.05) is 39.8 Å². The summed E-state index contributed by atoms with van der Waals surface area (Å²) in [5.41, 5.74) is 2.02.